The first kappa shape index (κ1) is 19.7. The highest BCUT2D eigenvalue weighted by molar-refractivity contribution is 6.31. The van der Waals surface area contributed by atoms with E-state index >= 15 is 0 Å². The molecule has 0 fully saturated rings. The molecule has 1 aliphatic rings. The van der Waals surface area contributed by atoms with Crippen LogP contribution in [0.25, 0.3) is 0 Å². The molecular weight excluding hydrogens is 385 g/mol. The van der Waals surface area contributed by atoms with Gasteiger partial charge in [-0.25, -0.2) is 0 Å². The zero-order valence-corrected chi connectivity index (χ0v) is 16.7. The lowest BCUT2D eigenvalue weighted by molar-refractivity contribution is -0.117. The van der Waals surface area contributed by atoms with E-state index in [-0.39, 0.29) is 17.9 Å². The molecule has 2 aromatic carbocycles. The smallest absolute Gasteiger partial charge is 0.245 e. The highest BCUT2D eigenvalue weighted by atomic mass is 35.5. The lowest BCUT2D eigenvalue weighted by Crippen LogP contribution is -2.37. The Balaban J connectivity index is 1.74. The topological polar surface area (TPSA) is 53.9 Å². The van der Waals surface area contributed by atoms with Gasteiger partial charge in [-0.2, -0.15) is 5.10 Å². The summed E-state index contributed by atoms with van der Waals surface area (Å²) in [6.45, 7) is 3.33. The van der Waals surface area contributed by atoms with E-state index in [1.54, 1.807) is 36.4 Å². The Bertz CT molecular complexity index is 837. The Morgan fingerprint density at radius 1 is 1.15 bits per heavy atom. The maximum absolute atomic E-state index is 12.4. The lowest BCUT2D eigenvalue weighted by Gasteiger charge is -2.25. The van der Waals surface area contributed by atoms with Gasteiger partial charge < -0.3 is 10.1 Å². The van der Waals surface area contributed by atoms with Crippen molar-refractivity contribution in [3.8, 4) is 0 Å². The quantitative estimate of drug-likeness (QED) is 0.778. The molecule has 2 aromatic rings. The molecule has 7 heteroatoms. The summed E-state index contributed by atoms with van der Waals surface area (Å²) in [6.07, 6.45) is 0. The van der Waals surface area contributed by atoms with E-state index in [9.17, 15) is 4.79 Å². The molecule has 1 aliphatic heterocycles. The van der Waals surface area contributed by atoms with E-state index in [0.29, 0.717) is 28.9 Å². The van der Waals surface area contributed by atoms with Crippen LogP contribution in [0.3, 0.4) is 0 Å². The van der Waals surface area contributed by atoms with Gasteiger partial charge in [0.15, 0.2) is 0 Å². The van der Waals surface area contributed by atoms with Crippen LogP contribution in [0.4, 0.5) is 5.69 Å². The predicted octanol–water partition coefficient (Wildman–Crippen LogP) is 4.30. The summed E-state index contributed by atoms with van der Waals surface area (Å²) in [5, 5.41) is 10.6. The van der Waals surface area contributed by atoms with Crippen molar-refractivity contribution in [2.24, 2.45) is 10.5 Å². The lowest BCUT2D eigenvalue weighted by atomic mass is 9.83. The summed E-state index contributed by atoms with van der Waals surface area (Å²) >= 11 is 11.9. The van der Waals surface area contributed by atoms with E-state index in [1.165, 1.54) is 0 Å². The fourth-order valence-corrected chi connectivity index (χ4v) is 3.46. The van der Waals surface area contributed by atoms with Crippen molar-refractivity contribution in [3.63, 3.8) is 0 Å². The number of rotatable bonds is 6. The van der Waals surface area contributed by atoms with Crippen LogP contribution in [0.2, 0.25) is 10.0 Å². The monoisotopic (exact) mass is 405 g/mol. The molecule has 0 aromatic heterocycles. The van der Waals surface area contributed by atoms with Gasteiger partial charge >= 0.3 is 0 Å². The number of carbonyl (C=O) groups excluding carboxylic acids is 1. The number of benzene rings is 2. The first-order chi connectivity index (χ1) is 12.9. The highest BCUT2D eigenvalue weighted by Crippen LogP contribution is 2.32. The summed E-state index contributed by atoms with van der Waals surface area (Å²) in [4.78, 5) is 12.4. The van der Waals surface area contributed by atoms with E-state index < -0.39 is 0 Å². The SMILES string of the molecule is COCC1(C)CN(CC(=O)Nc2ccc(Cl)cc2)N=C1c1ccc(Cl)cc1. The summed E-state index contributed by atoms with van der Waals surface area (Å²) in [5.74, 6) is -0.141. The first-order valence-corrected chi connectivity index (χ1v) is 9.29. The summed E-state index contributed by atoms with van der Waals surface area (Å²) in [7, 11) is 1.67. The molecule has 0 saturated heterocycles. The second kappa shape index (κ2) is 8.30. The number of nitrogens with one attached hydrogen (secondary N) is 1. The minimum atomic E-state index is -0.316. The van der Waals surface area contributed by atoms with E-state index in [2.05, 4.69) is 12.2 Å². The van der Waals surface area contributed by atoms with Gasteiger partial charge in [-0.15, -0.1) is 0 Å². The number of nitrogens with zero attached hydrogens (tertiary/aromatic N) is 2. The summed E-state index contributed by atoms with van der Waals surface area (Å²) in [6, 6.07) is 14.5. The molecule has 27 heavy (non-hydrogen) atoms. The zero-order valence-electron chi connectivity index (χ0n) is 15.2. The Kier molecular flexibility index (Phi) is 6.05. The van der Waals surface area contributed by atoms with Crippen LogP contribution in [0.1, 0.15) is 12.5 Å². The Morgan fingerprint density at radius 3 is 2.33 bits per heavy atom. The van der Waals surface area contributed by atoms with Crippen LogP contribution in [0.5, 0.6) is 0 Å². The fourth-order valence-electron chi connectivity index (χ4n) is 3.21. The number of hydrogen-bond donors (Lipinski definition) is 1. The standard InChI is InChI=1S/C20H21Cl2N3O2/c1-20(13-27-2)12-25(24-19(20)14-3-5-15(21)6-4-14)11-18(26)23-17-9-7-16(22)8-10-17/h3-10H,11-13H2,1-2H3,(H,23,26). The van der Waals surface area contributed by atoms with Crippen molar-refractivity contribution in [2.75, 3.05) is 32.1 Å². The third-order valence-corrected chi connectivity index (χ3v) is 4.88. The van der Waals surface area contributed by atoms with Gasteiger partial charge in [0.1, 0.15) is 6.54 Å². The number of methoxy groups -OCH3 is 1. The second-order valence-electron chi connectivity index (χ2n) is 6.83. The molecule has 1 unspecified atom stereocenters. The van der Waals surface area contributed by atoms with Gasteiger partial charge in [0.2, 0.25) is 5.91 Å². The van der Waals surface area contributed by atoms with E-state index in [4.69, 9.17) is 33.0 Å². The van der Waals surface area contributed by atoms with Crippen molar-refractivity contribution < 1.29 is 9.53 Å². The Hall–Kier alpha value is -2.08. The fraction of sp³-hybridized carbons (Fsp3) is 0.300. The molecule has 0 aliphatic carbocycles. The maximum Gasteiger partial charge on any atom is 0.245 e. The molecule has 3 rings (SSSR count). The second-order valence-corrected chi connectivity index (χ2v) is 7.70. The number of ether oxygens (including phenoxy) is 1. The van der Waals surface area contributed by atoms with Crippen molar-refractivity contribution in [2.45, 2.75) is 6.92 Å². The molecule has 1 amide bonds. The molecule has 5 nitrogen and oxygen atoms in total. The third-order valence-electron chi connectivity index (χ3n) is 4.38. The van der Waals surface area contributed by atoms with Crippen molar-refractivity contribution >= 4 is 40.5 Å². The van der Waals surface area contributed by atoms with Gasteiger partial charge in [0, 0.05) is 29.4 Å². The zero-order chi connectivity index (χ0) is 19.4. The average molecular weight is 406 g/mol. The molecule has 1 heterocycles. The predicted molar refractivity (Wildman–Crippen MR) is 110 cm³/mol. The van der Waals surface area contributed by atoms with E-state index in [1.807, 2.05) is 24.3 Å². The average Bonchev–Trinajstić information content (AvgIpc) is 2.94. The van der Waals surface area contributed by atoms with Crippen LogP contribution >= 0.6 is 23.2 Å². The van der Waals surface area contributed by atoms with Crippen LogP contribution in [-0.4, -0.2) is 43.4 Å². The number of amides is 1. The molecular formula is C20H21Cl2N3O2. The minimum Gasteiger partial charge on any atom is -0.384 e. The van der Waals surface area contributed by atoms with Gasteiger partial charge in [0.25, 0.3) is 0 Å². The number of carbonyl (C=O) groups is 1. The van der Waals surface area contributed by atoms with Gasteiger partial charge in [-0.3, -0.25) is 9.80 Å². The Labute approximate surface area is 168 Å². The number of halogens is 2. The Morgan fingerprint density at radius 2 is 1.74 bits per heavy atom. The molecule has 0 radical (unpaired) electrons. The maximum atomic E-state index is 12.4. The van der Waals surface area contributed by atoms with Crippen molar-refractivity contribution in [1.29, 1.82) is 0 Å². The van der Waals surface area contributed by atoms with Crippen molar-refractivity contribution in [1.82, 2.24) is 5.01 Å². The number of hydrazone groups is 1. The van der Waals surface area contributed by atoms with Crippen LogP contribution in [0, 0.1) is 5.41 Å². The summed E-state index contributed by atoms with van der Waals surface area (Å²) < 4.78 is 5.42. The van der Waals surface area contributed by atoms with Crippen LogP contribution in [-0.2, 0) is 9.53 Å². The minimum absolute atomic E-state index is 0.141. The number of anilines is 1. The molecule has 0 spiro atoms. The van der Waals surface area contributed by atoms with Crippen molar-refractivity contribution in [3.05, 3.63) is 64.1 Å². The van der Waals surface area contributed by atoms with Gasteiger partial charge in [-0.05, 0) is 48.9 Å². The van der Waals surface area contributed by atoms with Gasteiger partial charge in [0.05, 0.1) is 17.7 Å². The summed E-state index contributed by atoms with van der Waals surface area (Å²) in [5.41, 5.74) is 2.24. The van der Waals surface area contributed by atoms with Crippen LogP contribution < -0.4 is 5.32 Å². The number of hydrogen-bond acceptors (Lipinski definition) is 4. The first-order valence-electron chi connectivity index (χ1n) is 8.54. The third kappa shape index (κ3) is 4.80. The molecule has 0 saturated carbocycles. The largest absolute Gasteiger partial charge is 0.384 e. The van der Waals surface area contributed by atoms with E-state index in [0.717, 1.165) is 11.3 Å². The van der Waals surface area contributed by atoms with Crippen LogP contribution in [0.15, 0.2) is 53.6 Å². The molecule has 1 atom stereocenters. The van der Waals surface area contributed by atoms with Gasteiger partial charge in [-0.1, -0.05) is 35.3 Å². The molecule has 1 N–H and O–H groups in total. The molecule has 142 valence electrons. The molecule has 0 bridgehead atoms. The normalized spacial score (nSPS) is 19.1. The highest BCUT2D eigenvalue weighted by Gasteiger charge is 2.39.